The Morgan fingerprint density at radius 1 is 0.714 bits per heavy atom. The number of rotatable bonds is 4. The molecule has 0 unspecified atom stereocenters. The maximum Gasteiger partial charge on any atom is 0.522 e. The van der Waals surface area contributed by atoms with Gasteiger partial charge in [0.2, 0.25) is 0 Å². The van der Waals surface area contributed by atoms with Crippen molar-refractivity contribution in [1.29, 1.82) is 0 Å². The second kappa shape index (κ2) is 5.20. The minimum absolute atomic E-state index is 0.777. The molecule has 0 fully saturated rings. The van der Waals surface area contributed by atoms with E-state index in [1.807, 2.05) is 0 Å². The van der Waals surface area contributed by atoms with Gasteiger partial charge in [0.25, 0.3) is 0 Å². The van der Waals surface area contributed by atoms with Crippen molar-refractivity contribution in [3.63, 3.8) is 0 Å². The van der Waals surface area contributed by atoms with Gasteiger partial charge in [0.15, 0.2) is 0 Å². The molecule has 0 rings (SSSR count). The number of ether oxygens (including phenoxy) is 2. The highest BCUT2D eigenvalue weighted by atomic mass is 19.4. The van der Waals surface area contributed by atoms with Gasteiger partial charge in [-0.2, -0.15) is 0 Å². The van der Waals surface area contributed by atoms with Crippen LogP contribution in [0.2, 0.25) is 0 Å². The Morgan fingerprint density at radius 2 is 1.00 bits per heavy atom. The second-order valence-corrected chi connectivity index (χ2v) is 1.98. The Morgan fingerprint density at radius 3 is 1.21 bits per heavy atom. The summed E-state index contributed by atoms with van der Waals surface area (Å²) in [7, 11) is 0. The fourth-order valence-corrected chi connectivity index (χ4v) is 0.421. The summed E-state index contributed by atoms with van der Waals surface area (Å²) in [5, 5.41) is 0. The lowest BCUT2D eigenvalue weighted by Crippen LogP contribution is -2.14. The number of hydrogen-bond acceptors (Lipinski definition) is 2. The van der Waals surface area contributed by atoms with Crippen molar-refractivity contribution in [3.05, 3.63) is 12.2 Å². The molecule has 14 heavy (non-hydrogen) atoms. The Bertz CT molecular complexity index is 162. The van der Waals surface area contributed by atoms with Crippen LogP contribution in [0, 0.1) is 0 Å². The van der Waals surface area contributed by atoms with Gasteiger partial charge in [-0.1, -0.05) is 12.2 Å². The van der Waals surface area contributed by atoms with Crippen LogP contribution in [0.4, 0.5) is 26.3 Å². The van der Waals surface area contributed by atoms with Crippen LogP contribution in [0.15, 0.2) is 12.2 Å². The Labute approximate surface area is 75.1 Å². The Hall–Kier alpha value is -0.760. The summed E-state index contributed by atoms with van der Waals surface area (Å²) >= 11 is 0. The molecule has 0 aliphatic heterocycles. The zero-order valence-corrected chi connectivity index (χ0v) is 6.65. The van der Waals surface area contributed by atoms with Gasteiger partial charge in [0, 0.05) is 0 Å². The maximum absolute atomic E-state index is 11.3. The van der Waals surface area contributed by atoms with E-state index in [4.69, 9.17) is 0 Å². The fraction of sp³-hybridized carbons (Fsp3) is 0.667. The van der Waals surface area contributed by atoms with E-state index in [1.54, 1.807) is 0 Å². The van der Waals surface area contributed by atoms with Crippen LogP contribution in [0.5, 0.6) is 0 Å². The molecule has 0 bridgehead atoms. The lowest BCUT2D eigenvalue weighted by atomic mass is 10.5. The van der Waals surface area contributed by atoms with E-state index >= 15 is 0 Å². The van der Waals surface area contributed by atoms with Gasteiger partial charge >= 0.3 is 12.7 Å². The molecule has 0 saturated heterocycles. The van der Waals surface area contributed by atoms with Crippen molar-refractivity contribution in [3.8, 4) is 0 Å². The molecule has 0 saturated carbocycles. The summed E-state index contributed by atoms with van der Waals surface area (Å²) in [5.41, 5.74) is 0. The van der Waals surface area contributed by atoms with Gasteiger partial charge in [-0.3, -0.25) is 9.47 Å². The monoisotopic (exact) mass is 224 g/mol. The molecule has 0 N–H and O–H groups in total. The highest BCUT2D eigenvalue weighted by Crippen LogP contribution is 2.16. The topological polar surface area (TPSA) is 18.5 Å². The van der Waals surface area contributed by atoms with Gasteiger partial charge in [-0.25, -0.2) is 0 Å². The predicted octanol–water partition coefficient (Wildman–Crippen LogP) is 2.62. The summed E-state index contributed by atoms with van der Waals surface area (Å²) < 4.78 is 74.2. The quantitative estimate of drug-likeness (QED) is 0.539. The fourth-order valence-electron chi connectivity index (χ4n) is 0.421. The highest BCUT2D eigenvalue weighted by Gasteiger charge is 2.29. The van der Waals surface area contributed by atoms with E-state index in [-0.39, 0.29) is 0 Å². The molecular weight excluding hydrogens is 218 g/mol. The van der Waals surface area contributed by atoms with Crippen LogP contribution >= 0.6 is 0 Å². The molecular formula is C6H6F6O2. The average Bonchev–Trinajstić information content (AvgIpc) is 1.92. The van der Waals surface area contributed by atoms with Crippen LogP contribution in [0.25, 0.3) is 0 Å². The molecule has 0 aliphatic rings. The van der Waals surface area contributed by atoms with E-state index in [0.29, 0.717) is 0 Å². The Balaban J connectivity index is 3.47. The third-order valence-electron chi connectivity index (χ3n) is 0.853. The standard InChI is InChI=1S/C6H6F6O2/c7-5(8,9)13-3-1-2-4-14-6(10,11)12/h1-2H,3-4H2. The van der Waals surface area contributed by atoms with Crippen molar-refractivity contribution in [2.45, 2.75) is 12.7 Å². The zero-order valence-electron chi connectivity index (χ0n) is 6.65. The summed E-state index contributed by atoms with van der Waals surface area (Å²) in [6, 6.07) is 0. The van der Waals surface area contributed by atoms with E-state index in [2.05, 4.69) is 9.47 Å². The van der Waals surface area contributed by atoms with Crippen molar-refractivity contribution in [1.82, 2.24) is 0 Å². The summed E-state index contributed by atoms with van der Waals surface area (Å²) in [6.45, 7) is -1.69. The van der Waals surface area contributed by atoms with Gasteiger partial charge in [0.1, 0.15) is 0 Å². The molecule has 2 nitrogen and oxygen atoms in total. The van der Waals surface area contributed by atoms with Gasteiger partial charge in [-0.05, 0) is 0 Å². The van der Waals surface area contributed by atoms with Crippen LogP contribution in [-0.4, -0.2) is 25.9 Å². The average molecular weight is 224 g/mol. The van der Waals surface area contributed by atoms with E-state index < -0.39 is 25.9 Å². The third kappa shape index (κ3) is 11.2. The van der Waals surface area contributed by atoms with Gasteiger partial charge in [-0.15, -0.1) is 26.3 Å². The first-order valence-electron chi connectivity index (χ1n) is 3.27. The maximum atomic E-state index is 11.3. The normalized spacial score (nSPS) is 13.9. The molecule has 84 valence electrons. The van der Waals surface area contributed by atoms with E-state index in [9.17, 15) is 26.3 Å². The Kier molecular flexibility index (Phi) is 4.92. The molecule has 0 heterocycles. The summed E-state index contributed by atoms with van der Waals surface area (Å²) in [5.74, 6) is 0. The number of alkyl halides is 6. The lowest BCUT2D eigenvalue weighted by Gasteiger charge is -2.04. The van der Waals surface area contributed by atoms with Gasteiger partial charge < -0.3 is 0 Å². The van der Waals surface area contributed by atoms with Gasteiger partial charge in [0.05, 0.1) is 13.2 Å². The molecule has 0 aliphatic carbocycles. The summed E-state index contributed by atoms with van der Waals surface area (Å²) in [4.78, 5) is 0. The zero-order chi connectivity index (χ0) is 11.2. The molecule has 0 aromatic rings. The molecule has 0 spiro atoms. The minimum atomic E-state index is -4.78. The minimum Gasteiger partial charge on any atom is -0.288 e. The predicted molar refractivity (Wildman–Crippen MR) is 33.2 cm³/mol. The molecule has 0 aromatic carbocycles. The van der Waals surface area contributed by atoms with E-state index in [1.165, 1.54) is 0 Å². The molecule has 0 radical (unpaired) electrons. The first-order valence-corrected chi connectivity index (χ1v) is 3.27. The largest absolute Gasteiger partial charge is 0.522 e. The van der Waals surface area contributed by atoms with E-state index in [0.717, 1.165) is 12.2 Å². The lowest BCUT2D eigenvalue weighted by molar-refractivity contribution is -0.322. The smallest absolute Gasteiger partial charge is 0.288 e. The van der Waals surface area contributed by atoms with Crippen LogP contribution in [0.3, 0.4) is 0 Å². The van der Waals surface area contributed by atoms with Crippen LogP contribution < -0.4 is 0 Å². The number of halogens is 6. The molecule has 0 atom stereocenters. The summed E-state index contributed by atoms with van der Waals surface area (Å²) in [6.07, 6.45) is -8.01. The van der Waals surface area contributed by atoms with Crippen molar-refractivity contribution >= 4 is 0 Å². The van der Waals surface area contributed by atoms with Crippen molar-refractivity contribution < 1.29 is 35.8 Å². The SMILES string of the molecule is FC(F)(F)OCC=CCOC(F)(F)F. The van der Waals surface area contributed by atoms with Crippen molar-refractivity contribution in [2.24, 2.45) is 0 Å². The third-order valence-corrected chi connectivity index (χ3v) is 0.853. The molecule has 0 amide bonds. The first kappa shape index (κ1) is 13.2. The number of hydrogen-bond donors (Lipinski definition) is 0. The first-order chi connectivity index (χ1) is 6.21. The van der Waals surface area contributed by atoms with Crippen molar-refractivity contribution in [2.75, 3.05) is 13.2 Å². The van der Waals surface area contributed by atoms with Crippen LogP contribution in [-0.2, 0) is 9.47 Å². The molecule has 8 heteroatoms. The van der Waals surface area contributed by atoms with Crippen LogP contribution in [0.1, 0.15) is 0 Å². The second-order valence-electron chi connectivity index (χ2n) is 1.98. The molecule has 0 aromatic heterocycles. The highest BCUT2D eigenvalue weighted by molar-refractivity contribution is 4.81.